The molecule has 0 fully saturated rings. The Balaban J connectivity index is 0.00000528. The molecule has 0 aliphatic heterocycles. The fraction of sp³-hybridized carbons (Fsp3) is 0.176. The van der Waals surface area contributed by atoms with Crippen molar-refractivity contribution < 1.29 is 30.3 Å². The monoisotopic (exact) mass is 914 g/mol. The molecule has 8 aromatic rings. The van der Waals surface area contributed by atoms with Crippen molar-refractivity contribution in [3.63, 3.8) is 0 Å². The molecule has 0 saturated heterocycles. The molecule has 0 radical (unpaired) electrons. The van der Waals surface area contributed by atoms with E-state index in [1.165, 1.54) is 5.56 Å². The van der Waals surface area contributed by atoms with Crippen LogP contribution < -0.4 is 0 Å². The van der Waals surface area contributed by atoms with Crippen molar-refractivity contribution in [2.75, 3.05) is 0 Å². The number of benzene rings is 6. The molecule has 0 bridgehead atoms. The van der Waals surface area contributed by atoms with E-state index in [-0.39, 0.29) is 43.2 Å². The average molecular weight is 915 g/mol. The van der Waals surface area contributed by atoms with E-state index in [2.05, 4.69) is 82.5 Å². The summed E-state index contributed by atoms with van der Waals surface area (Å²) >= 11 is 0. The van der Waals surface area contributed by atoms with E-state index < -0.39 is 6.85 Å². The Morgan fingerprint density at radius 2 is 1.30 bits per heavy atom. The number of fused-ring (bicyclic) bond motifs is 1. The summed E-state index contributed by atoms with van der Waals surface area (Å²) < 4.78 is 27.7. The molecular formula is C51H46N3OPt-. The predicted molar refractivity (Wildman–Crippen MR) is 229 cm³/mol. The minimum Gasteiger partial charge on any atom is -0.507 e. The van der Waals surface area contributed by atoms with Crippen LogP contribution in [0.1, 0.15) is 62.3 Å². The van der Waals surface area contributed by atoms with E-state index >= 15 is 0 Å². The Morgan fingerprint density at radius 3 is 2.00 bits per heavy atom. The Labute approximate surface area is 349 Å². The molecule has 0 aliphatic carbocycles. The van der Waals surface area contributed by atoms with Crippen LogP contribution >= 0.6 is 0 Å². The number of imidazole rings is 1. The molecule has 2 aromatic heterocycles. The topological polar surface area (TPSA) is 50.9 Å². The first-order valence-electron chi connectivity index (χ1n) is 20.2. The third-order valence-corrected chi connectivity index (χ3v) is 10.3. The van der Waals surface area contributed by atoms with E-state index in [0.29, 0.717) is 39.3 Å². The van der Waals surface area contributed by atoms with Crippen LogP contribution in [-0.2, 0) is 31.9 Å². The van der Waals surface area contributed by atoms with Gasteiger partial charge in [0.25, 0.3) is 0 Å². The number of hydrogen-bond donors (Lipinski definition) is 1. The van der Waals surface area contributed by atoms with Crippen molar-refractivity contribution in [2.24, 2.45) is 0 Å². The minimum absolute atomic E-state index is 0. The van der Waals surface area contributed by atoms with Gasteiger partial charge in [0.1, 0.15) is 11.6 Å². The summed E-state index contributed by atoms with van der Waals surface area (Å²) in [4.78, 5) is 10.1. The normalized spacial score (nSPS) is 12.8. The van der Waals surface area contributed by atoms with E-state index in [9.17, 15) is 5.11 Å². The van der Waals surface area contributed by atoms with Gasteiger partial charge in [-0.05, 0) is 69.0 Å². The van der Waals surface area contributed by atoms with Crippen molar-refractivity contribution >= 4 is 11.0 Å². The zero-order valence-electron chi connectivity index (χ0n) is 35.5. The van der Waals surface area contributed by atoms with Gasteiger partial charge in [-0.15, -0.1) is 29.3 Å². The summed E-state index contributed by atoms with van der Waals surface area (Å²) in [5.41, 5.74) is 11.2. The molecule has 5 heteroatoms. The SMILES string of the molecule is [2H]C([2H])([2H])c1cc(-c2cc(-c3ccccc3)ccn2)[c-]c(-c2cccc3c2nc(-c2cccc(C(C)(C)C)c2O)n3-c2ccc(C(C)(C)C)cc2-c2ccccc2)c1.[Pt]. The van der Waals surface area contributed by atoms with Crippen molar-refractivity contribution in [1.82, 2.24) is 14.5 Å². The van der Waals surface area contributed by atoms with Crippen LogP contribution in [0.4, 0.5) is 0 Å². The molecule has 4 nitrogen and oxygen atoms in total. The van der Waals surface area contributed by atoms with E-state index in [0.717, 1.165) is 39.0 Å². The number of hydrogen-bond acceptors (Lipinski definition) is 3. The first-order chi connectivity index (χ1) is 27.6. The van der Waals surface area contributed by atoms with Gasteiger partial charge in [0.15, 0.2) is 0 Å². The smallest absolute Gasteiger partial charge is 0.148 e. The zero-order valence-corrected chi connectivity index (χ0v) is 34.7. The molecule has 8 rings (SSSR count). The summed E-state index contributed by atoms with van der Waals surface area (Å²) in [6.07, 6.45) is 1.75. The zero-order chi connectivity index (χ0) is 41.0. The fourth-order valence-corrected chi connectivity index (χ4v) is 7.36. The molecule has 0 aliphatic rings. The molecule has 0 saturated carbocycles. The number of para-hydroxylation sites is 2. The summed E-state index contributed by atoms with van der Waals surface area (Å²) in [5.74, 6) is 0.736. The average Bonchev–Trinajstić information content (AvgIpc) is 3.59. The maximum absolute atomic E-state index is 12.1. The van der Waals surface area contributed by atoms with Gasteiger partial charge in [0.2, 0.25) is 0 Å². The molecule has 0 atom stereocenters. The van der Waals surface area contributed by atoms with E-state index in [1.807, 2.05) is 97.1 Å². The molecule has 1 N–H and O–H groups in total. The Hall–Kier alpha value is -5.57. The second kappa shape index (κ2) is 15.2. The first-order valence-corrected chi connectivity index (χ1v) is 18.7. The van der Waals surface area contributed by atoms with Gasteiger partial charge in [-0.25, -0.2) is 4.98 Å². The van der Waals surface area contributed by atoms with Gasteiger partial charge in [-0.3, -0.25) is 9.55 Å². The van der Waals surface area contributed by atoms with Gasteiger partial charge in [-0.2, -0.15) is 0 Å². The van der Waals surface area contributed by atoms with Crippen molar-refractivity contribution in [2.45, 2.75) is 59.2 Å². The van der Waals surface area contributed by atoms with Crippen LogP contribution in [-0.4, -0.2) is 19.6 Å². The maximum atomic E-state index is 12.1. The van der Waals surface area contributed by atoms with Crippen LogP contribution in [0.2, 0.25) is 0 Å². The van der Waals surface area contributed by atoms with Crippen molar-refractivity contribution in [1.29, 1.82) is 0 Å². The standard InChI is InChI=1S/C51H46N3O.Pt/c1-33-28-37(30-38(29-33)44-31-36(26-27-52-44)34-16-10-8-11-17-34)40-20-15-23-46-47(40)53-49(41-21-14-22-43(48(41)55)51(5,6)7)54(46)45-25-24-39(50(2,3)4)32-42(45)35-18-12-9-13-19-35;/h8-29,31-32,55H,1-7H3;/q-1;/i1D3;. The maximum Gasteiger partial charge on any atom is 0.148 e. The molecule has 0 amide bonds. The van der Waals surface area contributed by atoms with Crippen molar-refractivity contribution in [3.8, 4) is 67.5 Å². The molecule has 56 heavy (non-hydrogen) atoms. The molecule has 282 valence electrons. The second-order valence-electron chi connectivity index (χ2n) is 16.2. The van der Waals surface area contributed by atoms with Crippen LogP contribution in [0.5, 0.6) is 5.75 Å². The van der Waals surface area contributed by atoms with E-state index in [1.54, 1.807) is 18.3 Å². The van der Waals surface area contributed by atoms with Gasteiger partial charge < -0.3 is 5.11 Å². The van der Waals surface area contributed by atoms with Crippen molar-refractivity contribution in [3.05, 3.63) is 168 Å². The van der Waals surface area contributed by atoms with Gasteiger partial charge >= 0.3 is 0 Å². The van der Waals surface area contributed by atoms with E-state index in [4.69, 9.17) is 14.1 Å². The van der Waals surface area contributed by atoms with Crippen LogP contribution in [0.15, 0.2) is 146 Å². The quantitative estimate of drug-likeness (QED) is 0.169. The van der Waals surface area contributed by atoms with Gasteiger partial charge in [-0.1, -0.05) is 157 Å². The molecule has 0 spiro atoms. The Bertz CT molecular complexity index is 2800. The fourth-order valence-electron chi connectivity index (χ4n) is 7.36. The number of phenols is 1. The number of aromatic hydroxyl groups is 1. The first kappa shape index (κ1) is 34.9. The second-order valence-corrected chi connectivity index (χ2v) is 16.2. The summed E-state index contributed by atoms with van der Waals surface area (Å²) in [6, 6.07) is 49.6. The number of rotatable bonds is 6. The molecule has 2 heterocycles. The number of pyridine rings is 1. The van der Waals surface area contributed by atoms with Crippen LogP contribution in [0.25, 0.3) is 72.7 Å². The predicted octanol–water partition coefficient (Wildman–Crippen LogP) is 13.2. The van der Waals surface area contributed by atoms with Crippen LogP contribution in [0.3, 0.4) is 0 Å². The molecule has 6 aromatic carbocycles. The Kier molecular flexibility index (Phi) is 9.45. The number of aryl methyl sites for hydroxylation is 1. The van der Waals surface area contributed by atoms with Gasteiger partial charge in [0, 0.05) is 42.6 Å². The number of aromatic nitrogens is 3. The number of nitrogens with zero attached hydrogens (tertiary/aromatic N) is 3. The van der Waals surface area contributed by atoms with Crippen LogP contribution in [0, 0.1) is 12.9 Å². The summed E-state index contributed by atoms with van der Waals surface area (Å²) in [7, 11) is 0. The largest absolute Gasteiger partial charge is 0.507 e. The Morgan fingerprint density at radius 1 is 0.625 bits per heavy atom. The van der Waals surface area contributed by atoms with Gasteiger partial charge in [0.05, 0.1) is 22.3 Å². The minimum atomic E-state index is -2.40. The third-order valence-electron chi connectivity index (χ3n) is 10.3. The summed E-state index contributed by atoms with van der Waals surface area (Å²) in [5, 5.41) is 12.1. The summed E-state index contributed by atoms with van der Waals surface area (Å²) in [6.45, 7) is 10.5. The number of phenolic OH excluding ortho intramolecular Hbond substituents is 1. The third kappa shape index (κ3) is 7.39. The molecule has 0 unspecified atom stereocenters. The molecular weight excluding hydrogens is 866 g/mol.